The molecule has 0 spiro atoms. The van der Waals surface area contributed by atoms with Crippen molar-refractivity contribution in [3.8, 4) is 6.07 Å². The number of ether oxygens (including phenoxy) is 1. The third-order valence-electron chi connectivity index (χ3n) is 3.15. The van der Waals surface area contributed by atoms with E-state index in [1.165, 1.54) is 0 Å². The molecule has 0 heterocycles. The molecule has 6 nitrogen and oxygen atoms in total. The van der Waals surface area contributed by atoms with Crippen molar-refractivity contribution in [1.29, 1.82) is 5.26 Å². The Bertz CT molecular complexity index is 845. The Kier molecular flexibility index (Phi) is 7.19. The van der Waals surface area contributed by atoms with Crippen LogP contribution in [-0.2, 0) is 14.6 Å². The Morgan fingerprint density at radius 2 is 1.59 bits per heavy atom. The Hall–Kier alpha value is -2.35. The van der Waals surface area contributed by atoms with Gasteiger partial charge in [-0.15, -0.1) is 0 Å². The highest BCUT2D eigenvalue weighted by Gasteiger charge is 2.32. The molecule has 0 saturated heterocycles. The molecule has 11 heteroatoms. The van der Waals surface area contributed by atoms with E-state index in [9.17, 15) is 30.8 Å². The second kappa shape index (κ2) is 8.56. The first-order valence-corrected chi connectivity index (χ1v) is 9.42. The third kappa shape index (κ3) is 5.82. The van der Waals surface area contributed by atoms with E-state index in [1.54, 1.807) is 20.8 Å². The molecule has 0 aliphatic heterocycles. The highest BCUT2D eigenvalue weighted by molar-refractivity contribution is 7.91. The average molecular weight is 410 g/mol. The van der Waals surface area contributed by atoms with Crippen LogP contribution in [0.3, 0.4) is 0 Å². The molecule has 0 saturated carbocycles. The number of amides is 1. The fourth-order valence-electron chi connectivity index (χ4n) is 2.01. The Labute approximate surface area is 154 Å². The molecule has 1 amide bonds. The molecule has 0 unspecified atom stereocenters. The number of hydrogen-bond acceptors (Lipinski definition) is 5. The summed E-state index contributed by atoms with van der Waals surface area (Å²) in [5.74, 6) is -9.24. The summed E-state index contributed by atoms with van der Waals surface area (Å²) in [6.07, 6.45) is -0.776. The van der Waals surface area contributed by atoms with Crippen LogP contribution >= 0.6 is 0 Å². The van der Waals surface area contributed by atoms with Crippen molar-refractivity contribution in [1.82, 2.24) is 5.32 Å². The van der Waals surface area contributed by atoms with E-state index in [2.05, 4.69) is 5.32 Å². The van der Waals surface area contributed by atoms with E-state index >= 15 is 0 Å². The number of unbranched alkanes of at least 4 members (excludes halogenated alkanes) is 1. The zero-order valence-corrected chi connectivity index (χ0v) is 15.6. The van der Waals surface area contributed by atoms with Crippen LogP contribution in [0.4, 0.5) is 22.4 Å². The number of nitrogens with zero attached hydrogens (tertiary/aromatic N) is 1. The molecule has 1 N–H and O–H groups in total. The Morgan fingerprint density at radius 1 is 1.07 bits per heavy atom. The predicted octanol–water partition coefficient (Wildman–Crippen LogP) is 3.19. The molecule has 150 valence electrons. The first-order valence-electron chi connectivity index (χ1n) is 7.77. The standard InChI is InChI=1S/C16H18F4N2O4S/c1-16(2,3)26-15(23)22-6-4-5-7-27(24,25)14-12(19)10(17)9(8-21)11(18)13(14)20/h4-7H2,1-3H3,(H,22,23). The van der Waals surface area contributed by atoms with Gasteiger partial charge in [0.2, 0.25) is 0 Å². The van der Waals surface area contributed by atoms with E-state index < -0.39 is 61.0 Å². The minimum atomic E-state index is -4.70. The van der Waals surface area contributed by atoms with Gasteiger partial charge in [0.25, 0.3) is 0 Å². The molecule has 0 aliphatic rings. The van der Waals surface area contributed by atoms with Crippen molar-refractivity contribution in [3.63, 3.8) is 0 Å². The number of hydrogen-bond donors (Lipinski definition) is 1. The molecule has 0 radical (unpaired) electrons. The van der Waals surface area contributed by atoms with Crippen LogP contribution in [0, 0.1) is 34.6 Å². The molecule has 0 atom stereocenters. The van der Waals surface area contributed by atoms with E-state index in [0.29, 0.717) is 0 Å². The topological polar surface area (TPSA) is 96.3 Å². The number of rotatable bonds is 6. The molecular formula is C16H18F4N2O4S. The first-order chi connectivity index (χ1) is 12.3. The number of nitrogens with one attached hydrogen (secondary N) is 1. The monoisotopic (exact) mass is 410 g/mol. The van der Waals surface area contributed by atoms with Gasteiger partial charge in [-0.25, -0.2) is 30.8 Å². The van der Waals surface area contributed by atoms with Gasteiger partial charge in [0, 0.05) is 6.54 Å². The quantitative estimate of drug-likeness (QED) is 0.441. The lowest BCUT2D eigenvalue weighted by molar-refractivity contribution is 0.0527. The van der Waals surface area contributed by atoms with Crippen LogP contribution < -0.4 is 5.32 Å². The smallest absolute Gasteiger partial charge is 0.407 e. The third-order valence-corrected chi connectivity index (χ3v) is 4.96. The van der Waals surface area contributed by atoms with Gasteiger partial charge in [-0.3, -0.25) is 0 Å². The van der Waals surface area contributed by atoms with Crippen molar-refractivity contribution >= 4 is 15.9 Å². The number of halogens is 4. The summed E-state index contributed by atoms with van der Waals surface area (Å²) in [6, 6.07) is 0.933. The van der Waals surface area contributed by atoms with Crippen molar-refractivity contribution in [2.24, 2.45) is 0 Å². The number of alkyl carbamates (subject to hydrolysis) is 1. The number of benzene rings is 1. The van der Waals surface area contributed by atoms with Crippen LogP contribution in [-0.4, -0.2) is 32.4 Å². The minimum Gasteiger partial charge on any atom is -0.444 e. The van der Waals surface area contributed by atoms with Gasteiger partial charge in [-0.1, -0.05) is 0 Å². The number of sulfone groups is 1. The lowest BCUT2D eigenvalue weighted by Crippen LogP contribution is -2.33. The highest BCUT2D eigenvalue weighted by atomic mass is 32.2. The van der Waals surface area contributed by atoms with Gasteiger partial charge in [0.15, 0.2) is 33.1 Å². The van der Waals surface area contributed by atoms with Gasteiger partial charge < -0.3 is 10.1 Å². The summed E-state index contributed by atoms with van der Waals surface area (Å²) < 4.78 is 83.9. The van der Waals surface area contributed by atoms with Crippen molar-refractivity contribution in [2.45, 2.75) is 44.1 Å². The molecular weight excluding hydrogens is 392 g/mol. The van der Waals surface area contributed by atoms with Crippen molar-refractivity contribution in [3.05, 3.63) is 28.8 Å². The molecule has 0 fully saturated rings. The van der Waals surface area contributed by atoms with E-state index in [-0.39, 0.29) is 19.4 Å². The zero-order valence-electron chi connectivity index (χ0n) is 14.8. The lowest BCUT2D eigenvalue weighted by atomic mass is 10.2. The van der Waals surface area contributed by atoms with Gasteiger partial charge in [0.1, 0.15) is 22.1 Å². The Morgan fingerprint density at radius 3 is 2.04 bits per heavy atom. The zero-order chi connectivity index (χ0) is 21.0. The fourth-order valence-corrected chi connectivity index (χ4v) is 3.52. The first kappa shape index (κ1) is 22.7. The van der Waals surface area contributed by atoms with Crippen molar-refractivity contribution in [2.75, 3.05) is 12.3 Å². The normalized spacial score (nSPS) is 11.8. The highest BCUT2D eigenvalue weighted by Crippen LogP contribution is 2.28. The van der Waals surface area contributed by atoms with Crippen LogP contribution in [0.2, 0.25) is 0 Å². The number of carbonyl (C=O) groups is 1. The second-order valence-electron chi connectivity index (χ2n) is 6.53. The molecule has 1 aromatic rings. The van der Waals surface area contributed by atoms with E-state index in [1.807, 2.05) is 0 Å². The molecule has 27 heavy (non-hydrogen) atoms. The van der Waals surface area contributed by atoms with Gasteiger partial charge in [-0.2, -0.15) is 5.26 Å². The molecule has 1 aromatic carbocycles. The fraction of sp³-hybridized carbons (Fsp3) is 0.500. The molecule has 0 bridgehead atoms. The van der Waals surface area contributed by atoms with Gasteiger partial charge in [0.05, 0.1) is 5.75 Å². The van der Waals surface area contributed by atoms with Crippen LogP contribution in [0.1, 0.15) is 39.2 Å². The van der Waals surface area contributed by atoms with Gasteiger partial charge in [-0.05, 0) is 33.6 Å². The largest absolute Gasteiger partial charge is 0.444 e. The van der Waals surface area contributed by atoms with Crippen LogP contribution in [0.25, 0.3) is 0 Å². The summed E-state index contributed by atoms with van der Waals surface area (Å²) in [6.45, 7) is 4.97. The summed E-state index contributed by atoms with van der Waals surface area (Å²) in [7, 11) is -4.70. The average Bonchev–Trinajstić information content (AvgIpc) is 2.51. The molecule has 1 rings (SSSR count). The maximum Gasteiger partial charge on any atom is 0.407 e. The summed E-state index contributed by atoms with van der Waals surface area (Å²) in [4.78, 5) is 9.65. The lowest BCUT2D eigenvalue weighted by Gasteiger charge is -2.19. The van der Waals surface area contributed by atoms with Crippen LogP contribution in [0.15, 0.2) is 4.90 Å². The molecule has 0 aromatic heterocycles. The van der Waals surface area contributed by atoms with Gasteiger partial charge >= 0.3 is 6.09 Å². The van der Waals surface area contributed by atoms with E-state index in [4.69, 9.17) is 10.00 Å². The summed E-state index contributed by atoms with van der Waals surface area (Å²) >= 11 is 0. The molecule has 0 aliphatic carbocycles. The number of nitriles is 1. The maximum absolute atomic E-state index is 13.8. The van der Waals surface area contributed by atoms with E-state index in [0.717, 1.165) is 6.07 Å². The van der Waals surface area contributed by atoms with Crippen molar-refractivity contribution < 1.29 is 35.5 Å². The second-order valence-corrected chi connectivity index (χ2v) is 8.57. The SMILES string of the molecule is CC(C)(C)OC(=O)NCCCCS(=O)(=O)c1c(F)c(F)c(C#N)c(F)c1F. The Balaban J connectivity index is 2.78. The maximum atomic E-state index is 13.8. The van der Waals surface area contributed by atoms with Crippen LogP contribution in [0.5, 0.6) is 0 Å². The summed E-state index contributed by atoms with van der Waals surface area (Å²) in [5, 5.41) is 10.9. The number of carbonyl (C=O) groups excluding carboxylic acids is 1. The predicted molar refractivity (Wildman–Crippen MR) is 86.5 cm³/mol. The minimum absolute atomic E-state index is 0.0193. The summed E-state index contributed by atoms with van der Waals surface area (Å²) in [5.41, 5.74) is -2.25.